The Labute approximate surface area is 81.0 Å². The fourth-order valence-corrected chi connectivity index (χ4v) is 1.00. The second kappa shape index (κ2) is 9.96. The Kier molecular flexibility index (Phi) is 9.87. The van der Waals surface area contributed by atoms with E-state index in [2.05, 4.69) is 6.92 Å². The molecule has 0 aromatic carbocycles. The Balaban J connectivity index is 2.97. The summed E-state index contributed by atoms with van der Waals surface area (Å²) in [5.74, 6) is 0. The van der Waals surface area contributed by atoms with Gasteiger partial charge in [-0.1, -0.05) is 20.3 Å². The third kappa shape index (κ3) is 9.80. The van der Waals surface area contributed by atoms with Crippen molar-refractivity contribution in [2.75, 3.05) is 26.4 Å². The van der Waals surface area contributed by atoms with Crippen molar-refractivity contribution in [2.45, 2.75) is 39.2 Å². The Bertz CT molecular complexity index is 96.2. The molecular weight excluding hydrogens is 168 g/mol. The van der Waals surface area contributed by atoms with Crippen LogP contribution in [0.15, 0.2) is 0 Å². The van der Waals surface area contributed by atoms with E-state index in [0.29, 0.717) is 19.8 Å². The molecular formula is C10H22O3. The highest BCUT2D eigenvalue weighted by Crippen LogP contribution is 1.96. The SMILES string of the molecule is CCCOCCOCC(O)CCC. The summed E-state index contributed by atoms with van der Waals surface area (Å²) in [6.45, 7) is 6.57. The average molecular weight is 190 g/mol. The van der Waals surface area contributed by atoms with Crippen LogP contribution in [-0.2, 0) is 9.47 Å². The minimum atomic E-state index is -0.309. The standard InChI is InChI=1S/C10H22O3/c1-3-5-10(11)9-13-8-7-12-6-4-2/h10-11H,3-9H2,1-2H3. The molecule has 0 aliphatic carbocycles. The van der Waals surface area contributed by atoms with Crippen molar-refractivity contribution in [1.82, 2.24) is 0 Å². The Morgan fingerprint density at radius 1 is 1.00 bits per heavy atom. The predicted molar refractivity (Wildman–Crippen MR) is 52.8 cm³/mol. The molecule has 0 aliphatic heterocycles. The van der Waals surface area contributed by atoms with Crippen LogP contribution < -0.4 is 0 Å². The van der Waals surface area contributed by atoms with Crippen molar-refractivity contribution < 1.29 is 14.6 Å². The van der Waals surface area contributed by atoms with Crippen LogP contribution in [0.5, 0.6) is 0 Å². The molecule has 1 unspecified atom stereocenters. The zero-order valence-electron chi connectivity index (χ0n) is 8.79. The maximum Gasteiger partial charge on any atom is 0.0773 e. The van der Waals surface area contributed by atoms with Gasteiger partial charge in [-0.25, -0.2) is 0 Å². The van der Waals surface area contributed by atoms with E-state index in [9.17, 15) is 5.11 Å². The smallest absolute Gasteiger partial charge is 0.0773 e. The Morgan fingerprint density at radius 2 is 1.69 bits per heavy atom. The number of hydrogen-bond donors (Lipinski definition) is 1. The highest BCUT2D eigenvalue weighted by molar-refractivity contribution is 4.51. The quantitative estimate of drug-likeness (QED) is 0.561. The van der Waals surface area contributed by atoms with Crippen molar-refractivity contribution in [2.24, 2.45) is 0 Å². The first-order valence-corrected chi connectivity index (χ1v) is 5.14. The number of rotatable bonds is 9. The highest BCUT2D eigenvalue weighted by Gasteiger charge is 2.01. The summed E-state index contributed by atoms with van der Waals surface area (Å²) in [5, 5.41) is 9.29. The fraction of sp³-hybridized carbons (Fsp3) is 1.00. The van der Waals surface area contributed by atoms with Crippen LogP contribution in [-0.4, -0.2) is 37.6 Å². The first kappa shape index (κ1) is 12.9. The van der Waals surface area contributed by atoms with Crippen molar-refractivity contribution in [3.63, 3.8) is 0 Å². The summed E-state index contributed by atoms with van der Waals surface area (Å²) in [7, 11) is 0. The molecule has 0 saturated carbocycles. The molecule has 0 saturated heterocycles. The molecule has 1 N–H and O–H groups in total. The molecule has 3 nitrogen and oxygen atoms in total. The van der Waals surface area contributed by atoms with E-state index in [0.717, 1.165) is 25.9 Å². The molecule has 80 valence electrons. The lowest BCUT2D eigenvalue weighted by molar-refractivity contribution is 0.00141. The molecule has 0 spiro atoms. The molecule has 0 radical (unpaired) electrons. The van der Waals surface area contributed by atoms with Crippen molar-refractivity contribution in [3.8, 4) is 0 Å². The normalized spacial score (nSPS) is 13.2. The van der Waals surface area contributed by atoms with Gasteiger partial charge in [-0.3, -0.25) is 0 Å². The number of hydrogen-bond acceptors (Lipinski definition) is 3. The van der Waals surface area contributed by atoms with E-state index >= 15 is 0 Å². The summed E-state index contributed by atoms with van der Waals surface area (Å²) in [6.07, 6.45) is 2.54. The summed E-state index contributed by atoms with van der Waals surface area (Å²) in [5.41, 5.74) is 0. The first-order chi connectivity index (χ1) is 6.31. The van der Waals surface area contributed by atoms with Crippen molar-refractivity contribution in [3.05, 3.63) is 0 Å². The maximum atomic E-state index is 9.29. The van der Waals surface area contributed by atoms with Crippen LogP contribution in [0.1, 0.15) is 33.1 Å². The largest absolute Gasteiger partial charge is 0.391 e. The summed E-state index contributed by atoms with van der Waals surface area (Å²) < 4.78 is 10.4. The van der Waals surface area contributed by atoms with E-state index < -0.39 is 0 Å². The molecule has 13 heavy (non-hydrogen) atoms. The van der Waals surface area contributed by atoms with E-state index in [1.165, 1.54) is 0 Å². The lowest BCUT2D eigenvalue weighted by atomic mass is 10.2. The molecule has 0 bridgehead atoms. The fourth-order valence-electron chi connectivity index (χ4n) is 1.00. The van der Waals surface area contributed by atoms with Gasteiger partial charge in [-0.05, 0) is 12.8 Å². The summed E-state index contributed by atoms with van der Waals surface area (Å²) in [6, 6.07) is 0. The zero-order valence-corrected chi connectivity index (χ0v) is 8.79. The Hall–Kier alpha value is -0.120. The molecule has 0 aromatic rings. The minimum absolute atomic E-state index is 0.309. The van der Waals surface area contributed by atoms with Gasteiger partial charge in [0, 0.05) is 6.61 Å². The van der Waals surface area contributed by atoms with Crippen LogP contribution in [0.3, 0.4) is 0 Å². The predicted octanol–water partition coefficient (Wildman–Crippen LogP) is 1.59. The van der Waals surface area contributed by atoms with Gasteiger partial charge < -0.3 is 14.6 Å². The van der Waals surface area contributed by atoms with Gasteiger partial charge in [0.15, 0.2) is 0 Å². The monoisotopic (exact) mass is 190 g/mol. The van der Waals surface area contributed by atoms with Gasteiger partial charge in [0.25, 0.3) is 0 Å². The van der Waals surface area contributed by atoms with E-state index in [1.807, 2.05) is 6.92 Å². The van der Waals surface area contributed by atoms with Gasteiger partial charge in [-0.2, -0.15) is 0 Å². The molecule has 0 fully saturated rings. The van der Waals surface area contributed by atoms with Gasteiger partial charge >= 0.3 is 0 Å². The molecule has 1 atom stereocenters. The molecule has 3 heteroatoms. The second-order valence-corrected chi connectivity index (χ2v) is 3.13. The van der Waals surface area contributed by atoms with Crippen LogP contribution in [0.25, 0.3) is 0 Å². The topological polar surface area (TPSA) is 38.7 Å². The number of aliphatic hydroxyl groups is 1. The van der Waals surface area contributed by atoms with Gasteiger partial charge in [0.2, 0.25) is 0 Å². The van der Waals surface area contributed by atoms with Gasteiger partial charge in [-0.15, -0.1) is 0 Å². The summed E-state index contributed by atoms with van der Waals surface area (Å²) >= 11 is 0. The number of ether oxygens (including phenoxy) is 2. The number of aliphatic hydroxyl groups excluding tert-OH is 1. The van der Waals surface area contributed by atoms with Crippen LogP contribution in [0, 0.1) is 0 Å². The van der Waals surface area contributed by atoms with E-state index in [1.54, 1.807) is 0 Å². The minimum Gasteiger partial charge on any atom is -0.391 e. The Morgan fingerprint density at radius 3 is 2.31 bits per heavy atom. The zero-order chi connectivity index (χ0) is 9.94. The van der Waals surface area contributed by atoms with Gasteiger partial charge in [0.05, 0.1) is 25.9 Å². The lowest BCUT2D eigenvalue weighted by Crippen LogP contribution is -2.17. The van der Waals surface area contributed by atoms with E-state index in [-0.39, 0.29) is 6.10 Å². The third-order valence-electron chi connectivity index (χ3n) is 1.65. The molecule has 0 amide bonds. The highest BCUT2D eigenvalue weighted by atomic mass is 16.5. The lowest BCUT2D eigenvalue weighted by Gasteiger charge is -2.09. The van der Waals surface area contributed by atoms with E-state index in [4.69, 9.17) is 9.47 Å². The second-order valence-electron chi connectivity index (χ2n) is 3.13. The van der Waals surface area contributed by atoms with Gasteiger partial charge in [0.1, 0.15) is 0 Å². The van der Waals surface area contributed by atoms with Crippen LogP contribution in [0.4, 0.5) is 0 Å². The average Bonchev–Trinajstić information content (AvgIpc) is 2.11. The summed E-state index contributed by atoms with van der Waals surface area (Å²) in [4.78, 5) is 0. The molecule has 0 aromatic heterocycles. The third-order valence-corrected chi connectivity index (χ3v) is 1.65. The molecule has 0 aliphatic rings. The maximum absolute atomic E-state index is 9.29. The van der Waals surface area contributed by atoms with Crippen molar-refractivity contribution in [1.29, 1.82) is 0 Å². The van der Waals surface area contributed by atoms with Crippen molar-refractivity contribution >= 4 is 0 Å². The van der Waals surface area contributed by atoms with Crippen LogP contribution in [0.2, 0.25) is 0 Å². The molecule has 0 heterocycles. The van der Waals surface area contributed by atoms with Crippen LogP contribution >= 0.6 is 0 Å². The molecule has 0 rings (SSSR count). The first-order valence-electron chi connectivity index (χ1n) is 5.14.